The molecule has 0 aliphatic carbocycles. The van der Waals surface area contributed by atoms with Crippen LogP contribution in [0.4, 0.5) is 0 Å². The zero-order valence-corrected chi connectivity index (χ0v) is 37.1. The summed E-state index contributed by atoms with van der Waals surface area (Å²) in [5.41, 5.74) is 9.19. The molecule has 2 heteroatoms. The second-order valence-electron chi connectivity index (χ2n) is 19.3. The maximum Gasteiger partial charge on any atom is 0.0825 e. The molecule has 52 heavy (non-hydrogen) atoms. The highest BCUT2D eigenvalue weighted by Gasteiger charge is 2.38. The molecule has 0 aromatic heterocycles. The second kappa shape index (κ2) is 21.0. The molecular weight excluding hydrogens is 625 g/mol. The third kappa shape index (κ3) is 12.4. The average molecular weight is 710 g/mol. The molecule has 0 N–H and O–H groups in total. The first kappa shape index (κ1) is 45.8. The first-order valence-electron chi connectivity index (χ1n) is 21.8. The lowest BCUT2D eigenvalue weighted by Gasteiger charge is -2.50. The lowest BCUT2D eigenvalue weighted by molar-refractivity contribution is -0.929. The van der Waals surface area contributed by atoms with Crippen molar-refractivity contribution >= 4 is 22.5 Å². The second-order valence-corrected chi connectivity index (χ2v) is 19.3. The maximum atomic E-state index is 2.45. The van der Waals surface area contributed by atoms with Gasteiger partial charge in [0.1, 0.15) is 0 Å². The summed E-state index contributed by atoms with van der Waals surface area (Å²) in [6, 6.07) is 28.0. The Kier molecular flexibility index (Phi) is 18.5. The van der Waals surface area contributed by atoms with E-state index in [0.717, 1.165) is 6.32 Å². The van der Waals surface area contributed by atoms with Crippen molar-refractivity contribution in [3.63, 3.8) is 0 Å². The van der Waals surface area contributed by atoms with Crippen molar-refractivity contribution in [1.82, 2.24) is 0 Å². The van der Waals surface area contributed by atoms with Gasteiger partial charge < -0.3 is 4.48 Å². The van der Waals surface area contributed by atoms with Crippen molar-refractivity contribution in [2.45, 2.75) is 184 Å². The van der Waals surface area contributed by atoms with Gasteiger partial charge in [0.2, 0.25) is 0 Å². The number of hydrogen-bond donors (Lipinski definition) is 0. The molecule has 3 aromatic rings. The van der Waals surface area contributed by atoms with E-state index in [2.05, 4.69) is 170 Å². The zero-order chi connectivity index (χ0) is 39.1. The fourth-order valence-electron chi connectivity index (χ4n) is 8.95. The minimum Gasteiger partial charge on any atom is -0.324 e. The summed E-state index contributed by atoms with van der Waals surface area (Å²) in [5, 5.41) is 0. The van der Waals surface area contributed by atoms with E-state index in [1.807, 2.05) is 0 Å². The molecule has 0 spiro atoms. The molecule has 0 radical (unpaired) electrons. The van der Waals surface area contributed by atoms with E-state index in [1.54, 1.807) is 0 Å². The Hall–Kier alpha value is -2.32. The molecule has 0 aliphatic rings. The lowest BCUT2D eigenvalue weighted by atomic mass is 9.12. The Morgan fingerprint density at radius 3 is 0.865 bits per heavy atom. The van der Waals surface area contributed by atoms with Gasteiger partial charge in [0.25, 0.3) is 0 Å². The van der Waals surface area contributed by atoms with Crippen LogP contribution in [0.2, 0.25) is 6.32 Å². The summed E-state index contributed by atoms with van der Waals surface area (Å²) in [6.45, 7) is 38.7. The highest BCUT2D eigenvalue weighted by Crippen LogP contribution is 2.32. The number of benzene rings is 3. The molecule has 0 heterocycles. The van der Waals surface area contributed by atoms with Crippen LogP contribution in [0.1, 0.15) is 178 Å². The number of quaternary nitrogens is 1. The van der Waals surface area contributed by atoms with Crippen molar-refractivity contribution in [2.24, 2.45) is 0 Å². The molecule has 0 fully saturated rings. The topological polar surface area (TPSA) is 0 Å². The number of rotatable bonds is 18. The van der Waals surface area contributed by atoms with Gasteiger partial charge in [-0.2, -0.15) is 22.7 Å². The van der Waals surface area contributed by atoms with Gasteiger partial charge in [-0.25, -0.2) is 0 Å². The third-order valence-corrected chi connectivity index (χ3v) is 11.8. The molecule has 0 amide bonds. The summed E-state index contributed by atoms with van der Waals surface area (Å²) in [5.74, 6) is 0. The first-order valence-corrected chi connectivity index (χ1v) is 21.8. The van der Waals surface area contributed by atoms with Crippen LogP contribution in [0, 0.1) is 0 Å². The van der Waals surface area contributed by atoms with Crippen molar-refractivity contribution in [3.05, 3.63) is 89.5 Å². The highest BCUT2D eigenvalue weighted by atomic mass is 15.3. The van der Waals surface area contributed by atoms with Crippen LogP contribution in [0.15, 0.2) is 72.8 Å². The summed E-state index contributed by atoms with van der Waals surface area (Å²) in [6.07, 6.45) is 13.4. The van der Waals surface area contributed by atoms with E-state index in [9.17, 15) is 0 Å². The van der Waals surface area contributed by atoms with Gasteiger partial charge in [0, 0.05) is 0 Å². The molecule has 0 bridgehead atoms. The third-order valence-electron chi connectivity index (χ3n) is 11.8. The summed E-state index contributed by atoms with van der Waals surface area (Å²) in [7, 11) is 0. The van der Waals surface area contributed by atoms with Crippen LogP contribution >= 0.6 is 0 Å². The molecule has 1 nitrogen and oxygen atoms in total. The highest BCUT2D eigenvalue weighted by molar-refractivity contribution is 7.12. The monoisotopic (exact) mass is 710 g/mol. The van der Waals surface area contributed by atoms with Crippen molar-refractivity contribution in [2.75, 3.05) is 26.2 Å². The lowest BCUT2D eigenvalue weighted by Crippen LogP contribution is -2.70. The number of nitrogens with zero attached hydrogens (tertiary/aromatic N) is 1. The van der Waals surface area contributed by atoms with Crippen LogP contribution in [0.25, 0.3) is 0 Å². The SMILES string of the molecule is CCCC[B-](c1ccccc1C(C)(C)C)(c1ccccc1C(C)(C)C)c1ccccc1C(C)(C)C.CCCC[N+](CCCC)(CCCC)CCCC. The maximum absolute atomic E-state index is 2.45. The first-order chi connectivity index (χ1) is 24.5. The van der Waals surface area contributed by atoms with Crippen LogP contribution in [0.5, 0.6) is 0 Å². The fourth-order valence-corrected chi connectivity index (χ4v) is 8.95. The normalized spacial score (nSPS) is 12.8. The summed E-state index contributed by atoms with van der Waals surface area (Å²) < 4.78 is 1.42. The Morgan fingerprint density at radius 1 is 0.385 bits per heavy atom. The standard InChI is InChI=1S/C34H48B.C16H36N/c1-11-12-25-35(29-22-16-13-19-26(29)32(2,3)4,30-23-17-14-20-27(30)33(5,6)7)31-24-18-15-21-28(31)34(8,9)10;1-5-9-13-17(14-10-6-2,15-11-7-3)16-12-8-4/h13-24H,11-12,25H2,1-10H3;5-16H2,1-4H3/q-1;+1. The van der Waals surface area contributed by atoms with Gasteiger partial charge >= 0.3 is 0 Å². The van der Waals surface area contributed by atoms with E-state index in [1.165, 1.54) is 128 Å². The quantitative estimate of drug-likeness (QED) is 0.0911. The predicted molar refractivity (Wildman–Crippen MR) is 239 cm³/mol. The minimum absolute atomic E-state index is 0.0587. The number of unbranched alkanes of at least 4 members (excludes halogenated alkanes) is 5. The Bertz CT molecular complexity index is 1250. The van der Waals surface area contributed by atoms with E-state index in [-0.39, 0.29) is 16.2 Å². The van der Waals surface area contributed by atoms with E-state index >= 15 is 0 Å². The van der Waals surface area contributed by atoms with Crippen LogP contribution in [-0.4, -0.2) is 36.8 Å². The molecule has 0 atom stereocenters. The van der Waals surface area contributed by atoms with Crippen LogP contribution in [-0.2, 0) is 16.2 Å². The molecule has 0 saturated carbocycles. The largest absolute Gasteiger partial charge is 0.324 e. The molecule has 0 saturated heterocycles. The van der Waals surface area contributed by atoms with Crippen molar-refractivity contribution in [1.29, 1.82) is 0 Å². The molecule has 292 valence electrons. The van der Waals surface area contributed by atoms with Gasteiger partial charge in [-0.1, -0.05) is 225 Å². The Balaban J connectivity index is 0.000000465. The van der Waals surface area contributed by atoms with Gasteiger partial charge in [-0.15, -0.1) is 0 Å². The molecule has 3 rings (SSSR count). The average Bonchev–Trinajstić information content (AvgIpc) is 3.11. The number of hydrogen-bond acceptors (Lipinski definition) is 0. The van der Waals surface area contributed by atoms with E-state index in [0.29, 0.717) is 0 Å². The van der Waals surface area contributed by atoms with Crippen LogP contribution in [0.3, 0.4) is 0 Å². The fraction of sp³-hybridized carbons (Fsp3) is 0.640. The van der Waals surface area contributed by atoms with Crippen LogP contribution < -0.4 is 16.4 Å². The smallest absolute Gasteiger partial charge is 0.0825 e. The van der Waals surface area contributed by atoms with Crippen molar-refractivity contribution < 1.29 is 4.48 Å². The van der Waals surface area contributed by atoms with Gasteiger partial charge in [-0.3, -0.25) is 0 Å². The summed E-state index contributed by atoms with van der Waals surface area (Å²) in [4.78, 5) is 0. The Morgan fingerprint density at radius 2 is 0.635 bits per heavy atom. The predicted octanol–water partition coefficient (Wildman–Crippen LogP) is 12.9. The minimum atomic E-state index is -1.21. The van der Waals surface area contributed by atoms with Gasteiger partial charge in [0.05, 0.1) is 32.3 Å². The van der Waals surface area contributed by atoms with E-state index in [4.69, 9.17) is 0 Å². The van der Waals surface area contributed by atoms with E-state index < -0.39 is 6.15 Å². The van der Waals surface area contributed by atoms with Gasteiger partial charge in [-0.05, 0) is 41.9 Å². The summed E-state index contributed by atoms with van der Waals surface area (Å²) >= 11 is 0. The molecule has 0 aliphatic heterocycles. The molecular formula is C50H84BN. The molecule has 3 aromatic carbocycles. The Labute approximate surface area is 325 Å². The van der Waals surface area contributed by atoms with Crippen molar-refractivity contribution in [3.8, 4) is 0 Å². The zero-order valence-electron chi connectivity index (χ0n) is 37.1. The molecule has 0 unspecified atom stereocenters. The van der Waals surface area contributed by atoms with Gasteiger partial charge in [0.15, 0.2) is 0 Å².